The Morgan fingerprint density at radius 2 is 0.544 bits per heavy atom. The van der Waals surface area contributed by atoms with E-state index in [-0.39, 0.29) is 31.1 Å². The first-order valence-electron chi connectivity index (χ1n) is 30.0. The number of ether oxygens (including phenoxy) is 3. The summed E-state index contributed by atoms with van der Waals surface area (Å²) in [5, 5.41) is 0. The van der Waals surface area contributed by atoms with Crippen LogP contribution in [0.15, 0.2) is 36.5 Å². The quantitative estimate of drug-likeness (QED) is 0.0262. The molecule has 68 heavy (non-hydrogen) atoms. The SMILES string of the molecule is CCCCCCCC/C=C\C/C=C\C/C=C\CCCC(=O)OC[C@H](COC(=O)CCCCCCCCCCCCCCCCCCCCCCC)OC(=O)CCCCCCCCCCCCCC. The van der Waals surface area contributed by atoms with Crippen LogP contribution in [0.3, 0.4) is 0 Å². The fourth-order valence-electron chi connectivity index (χ4n) is 8.87. The molecule has 0 saturated heterocycles. The second kappa shape index (κ2) is 57.2. The van der Waals surface area contributed by atoms with Crippen LogP contribution in [0.4, 0.5) is 0 Å². The van der Waals surface area contributed by atoms with Crippen LogP contribution in [-0.4, -0.2) is 37.2 Å². The fourth-order valence-corrected chi connectivity index (χ4v) is 8.87. The van der Waals surface area contributed by atoms with Crippen molar-refractivity contribution < 1.29 is 28.6 Å². The van der Waals surface area contributed by atoms with E-state index < -0.39 is 6.10 Å². The summed E-state index contributed by atoms with van der Waals surface area (Å²) in [6.45, 7) is 6.63. The van der Waals surface area contributed by atoms with Crippen LogP contribution >= 0.6 is 0 Å². The molecule has 0 aromatic heterocycles. The zero-order valence-electron chi connectivity index (χ0n) is 45.6. The molecular formula is C62H114O6. The van der Waals surface area contributed by atoms with Gasteiger partial charge in [-0.3, -0.25) is 14.4 Å². The van der Waals surface area contributed by atoms with Crippen molar-refractivity contribution in [3.05, 3.63) is 36.5 Å². The predicted molar refractivity (Wildman–Crippen MR) is 293 cm³/mol. The third-order valence-corrected chi connectivity index (χ3v) is 13.4. The molecule has 0 bridgehead atoms. The van der Waals surface area contributed by atoms with Gasteiger partial charge in [-0.05, 0) is 51.4 Å². The van der Waals surface area contributed by atoms with Crippen LogP contribution in [-0.2, 0) is 28.6 Å². The number of rotatable bonds is 55. The number of allylic oxidation sites excluding steroid dienone is 6. The molecule has 0 spiro atoms. The highest BCUT2D eigenvalue weighted by Gasteiger charge is 2.19. The summed E-state index contributed by atoms with van der Waals surface area (Å²) in [5.41, 5.74) is 0. The molecule has 0 fully saturated rings. The highest BCUT2D eigenvalue weighted by molar-refractivity contribution is 5.71. The van der Waals surface area contributed by atoms with Gasteiger partial charge in [-0.15, -0.1) is 0 Å². The van der Waals surface area contributed by atoms with Crippen LogP contribution in [0, 0.1) is 0 Å². The molecule has 0 radical (unpaired) electrons. The van der Waals surface area contributed by atoms with Gasteiger partial charge < -0.3 is 14.2 Å². The zero-order valence-corrected chi connectivity index (χ0v) is 45.6. The molecule has 0 rings (SSSR count). The molecule has 1 atom stereocenters. The van der Waals surface area contributed by atoms with Gasteiger partial charge in [0.2, 0.25) is 0 Å². The van der Waals surface area contributed by atoms with Crippen molar-refractivity contribution in [2.45, 2.75) is 329 Å². The van der Waals surface area contributed by atoms with E-state index in [9.17, 15) is 14.4 Å². The Balaban J connectivity index is 4.32. The lowest BCUT2D eigenvalue weighted by Crippen LogP contribution is -2.30. The van der Waals surface area contributed by atoms with Gasteiger partial charge in [0.1, 0.15) is 13.2 Å². The molecule has 6 nitrogen and oxygen atoms in total. The van der Waals surface area contributed by atoms with Crippen molar-refractivity contribution in [3.8, 4) is 0 Å². The Morgan fingerprint density at radius 3 is 0.882 bits per heavy atom. The topological polar surface area (TPSA) is 78.9 Å². The lowest BCUT2D eigenvalue weighted by atomic mass is 10.0. The van der Waals surface area contributed by atoms with Gasteiger partial charge in [0.05, 0.1) is 0 Å². The molecule has 0 amide bonds. The monoisotopic (exact) mass is 955 g/mol. The van der Waals surface area contributed by atoms with Crippen molar-refractivity contribution in [2.75, 3.05) is 13.2 Å². The number of unbranched alkanes of at least 4 members (excludes halogenated alkanes) is 38. The van der Waals surface area contributed by atoms with Crippen molar-refractivity contribution >= 4 is 17.9 Å². The van der Waals surface area contributed by atoms with Gasteiger partial charge in [-0.25, -0.2) is 0 Å². The van der Waals surface area contributed by atoms with Gasteiger partial charge in [-0.1, -0.05) is 288 Å². The Hall–Kier alpha value is -2.37. The Morgan fingerprint density at radius 1 is 0.294 bits per heavy atom. The lowest BCUT2D eigenvalue weighted by Gasteiger charge is -2.18. The maximum absolute atomic E-state index is 12.8. The first-order chi connectivity index (χ1) is 33.5. The first kappa shape index (κ1) is 65.6. The van der Waals surface area contributed by atoms with Crippen LogP contribution in [0.1, 0.15) is 323 Å². The summed E-state index contributed by atoms with van der Waals surface area (Å²) in [4.78, 5) is 38.1. The highest BCUT2D eigenvalue weighted by atomic mass is 16.6. The van der Waals surface area contributed by atoms with Crippen LogP contribution in [0.5, 0.6) is 0 Å². The van der Waals surface area contributed by atoms with Crippen LogP contribution < -0.4 is 0 Å². The van der Waals surface area contributed by atoms with Gasteiger partial charge in [0.15, 0.2) is 6.10 Å². The van der Waals surface area contributed by atoms with Crippen molar-refractivity contribution in [1.82, 2.24) is 0 Å². The molecule has 6 heteroatoms. The number of carbonyl (C=O) groups excluding carboxylic acids is 3. The molecule has 0 unspecified atom stereocenters. The van der Waals surface area contributed by atoms with Crippen LogP contribution in [0.25, 0.3) is 0 Å². The smallest absolute Gasteiger partial charge is 0.306 e. The summed E-state index contributed by atoms with van der Waals surface area (Å²) in [5.74, 6) is -0.918. The molecule has 0 heterocycles. The molecule has 0 aliphatic heterocycles. The van der Waals surface area contributed by atoms with E-state index in [1.54, 1.807) is 0 Å². The average molecular weight is 956 g/mol. The van der Waals surface area contributed by atoms with Gasteiger partial charge >= 0.3 is 17.9 Å². The van der Waals surface area contributed by atoms with Crippen molar-refractivity contribution in [3.63, 3.8) is 0 Å². The minimum absolute atomic E-state index is 0.0826. The number of carbonyl (C=O) groups is 3. The number of esters is 3. The second-order valence-electron chi connectivity index (χ2n) is 20.3. The summed E-state index contributed by atoms with van der Waals surface area (Å²) < 4.78 is 16.8. The number of hydrogen-bond donors (Lipinski definition) is 0. The molecule has 0 N–H and O–H groups in total. The van der Waals surface area contributed by atoms with E-state index >= 15 is 0 Å². The lowest BCUT2D eigenvalue weighted by molar-refractivity contribution is -0.167. The Labute approximate surface area is 423 Å². The molecule has 0 aromatic carbocycles. The average Bonchev–Trinajstić information content (AvgIpc) is 3.34. The maximum Gasteiger partial charge on any atom is 0.306 e. The molecule has 0 aliphatic carbocycles. The minimum atomic E-state index is -0.787. The van der Waals surface area contributed by atoms with Gasteiger partial charge in [-0.2, -0.15) is 0 Å². The molecular weight excluding hydrogens is 841 g/mol. The summed E-state index contributed by atoms with van der Waals surface area (Å²) in [7, 11) is 0. The summed E-state index contributed by atoms with van der Waals surface area (Å²) in [6, 6.07) is 0. The summed E-state index contributed by atoms with van der Waals surface area (Å²) in [6.07, 6.45) is 68.7. The molecule has 398 valence electrons. The Bertz CT molecular complexity index is 1140. The molecule has 0 aromatic rings. The third kappa shape index (κ3) is 54.6. The molecule has 0 aliphatic rings. The summed E-state index contributed by atoms with van der Waals surface area (Å²) >= 11 is 0. The third-order valence-electron chi connectivity index (χ3n) is 13.4. The first-order valence-corrected chi connectivity index (χ1v) is 30.0. The maximum atomic E-state index is 12.8. The van der Waals surface area contributed by atoms with E-state index in [0.29, 0.717) is 25.7 Å². The van der Waals surface area contributed by atoms with E-state index in [0.717, 1.165) is 57.8 Å². The van der Waals surface area contributed by atoms with Crippen LogP contribution in [0.2, 0.25) is 0 Å². The van der Waals surface area contributed by atoms with E-state index in [4.69, 9.17) is 14.2 Å². The van der Waals surface area contributed by atoms with Crippen molar-refractivity contribution in [1.29, 1.82) is 0 Å². The number of hydrogen-bond acceptors (Lipinski definition) is 6. The minimum Gasteiger partial charge on any atom is -0.462 e. The van der Waals surface area contributed by atoms with E-state index in [1.807, 2.05) is 0 Å². The Kier molecular flexibility index (Phi) is 55.2. The zero-order chi connectivity index (χ0) is 49.3. The predicted octanol–water partition coefficient (Wildman–Crippen LogP) is 20.0. The fraction of sp³-hybridized carbons (Fsp3) is 0.855. The largest absolute Gasteiger partial charge is 0.462 e. The van der Waals surface area contributed by atoms with E-state index in [2.05, 4.69) is 57.2 Å². The standard InChI is InChI=1S/C62H114O6/c1-4-7-10-13-16-19-22-25-27-29-30-31-32-34-36-38-41-43-46-49-52-55-61(64)67-58-59(68-62(65)56-53-50-47-44-39-24-21-18-15-12-9-6-3)57-66-60(63)54-51-48-45-42-40-37-35-33-28-26-23-20-17-14-11-8-5-2/h26,28,35,37,42,45,59H,4-25,27,29-34,36,38-41,43-44,46-58H2,1-3H3/b28-26-,37-35-,45-42-/t59-/m1/s1. The van der Waals surface area contributed by atoms with E-state index in [1.165, 1.54) is 218 Å². The highest BCUT2D eigenvalue weighted by Crippen LogP contribution is 2.17. The van der Waals surface area contributed by atoms with Crippen molar-refractivity contribution in [2.24, 2.45) is 0 Å². The normalized spacial score (nSPS) is 12.2. The van der Waals surface area contributed by atoms with Gasteiger partial charge in [0.25, 0.3) is 0 Å². The second-order valence-corrected chi connectivity index (χ2v) is 20.3. The molecule has 0 saturated carbocycles. The van der Waals surface area contributed by atoms with Gasteiger partial charge in [0, 0.05) is 19.3 Å².